The van der Waals surface area contributed by atoms with Gasteiger partial charge < -0.3 is 10.1 Å². The fourth-order valence-electron chi connectivity index (χ4n) is 4.73. The summed E-state index contributed by atoms with van der Waals surface area (Å²) in [6, 6.07) is -0.851. The number of ether oxygens (including phenoxy) is 1. The maximum Gasteiger partial charge on any atom is 0.354 e. The average Bonchev–Trinajstić information content (AvgIpc) is 3.47. The first-order valence-corrected chi connectivity index (χ1v) is 11.8. The molecule has 2 heterocycles. The molecule has 3 aliphatic rings. The third-order valence-electron chi connectivity index (χ3n) is 6.09. The van der Waals surface area contributed by atoms with E-state index in [0.29, 0.717) is 53.2 Å². The number of alkyl halides is 1. The fourth-order valence-corrected chi connectivity index (χ4v) is 6.00. The maximum atomic E-state index is 14.9. The van der Waals surface area contributed by atoms with Gasteiger partial charge in [0.2, 0.25) is 5.88 Å². The molecule has 0 radical (unpaired) electrons. The molecule has 2 amide bonds. The van der Waals surface area contributed by atoms with Gasteiger partial charge in [-0.2, -0.15) is 5.10 Å². The number of anilines is 1. The van der Waals surface area contributed by atoms with Gasteiger partial charge in [0.25, 0.3) is 0 Å². The number of rotatable bonds is 3. The zero-order chi connectivity index (χ0) is 21.9. The zero-order valence-corrected chi connectivity index (χ0v) is 18.0. The number of halogens is 2. The molecule has 2 aromatic rings. The third-order valence-corrected chi connectivity index (χ3v) is 7.94. The van der Waals surface area contributed by atoms with Crippen molar-refractivity contribution in [1.82, 2.24) is 14.5 Å². The molecule has 2 N–H and O–H groups in total. The van der Waals surface area contributed by atoms with Crippen molar-refractivity contribution in [3.63, 3.8) is 0 Å². The fraction of sp³-hybridized carbons (Fsp3) is 0.500. The van der Waals surface area contributed by atoms with Gasteiger partial charge in [-0.05, 0) is 55.5 Å². The number of carbonyl (C=O) groups is 1. The Labute approximate surface area is 178 Å². The summed E-state index contributed by atoms with van der Waals surface area (Å²) in [4.78, 5) is 13.0. The highest BCUT2D eigenvalue weighted by Gasteiger charge is 2.34. The van der Waals surface area contributed by atoms with Crippen LogP contribution in [0, 0.1) is 5.82 Å². The van der Waals surface area contributed by atoms with E-state index in [1.54, 1.807) is 4.68 Å². The molecule has 5 rings (SSSR count). The molecule has 1 aliphatic heterocycles. The van der Waals surface area contributed by atoms with Crippen LogP contribution in [0.3, 0.4) is 0 Å². The molecule has 166 valence electrons. The van der Waals surface area contributed by atoms with E-state index in [2.05, 4.69) is 19.5 Å². The highest BCUT2D eigenvalue weighted by atomic mass is 32.2. The van der Waals surface area contributed by atoms with Gasteiger partial charge in [-0.15, -0.1) is 4.36 Å². The molecule has 0 saturated heterocycles. The molecule has 0 fully saturated rings. The Hall–Kier alpha value is -2.53. The van der Waals surface area contributed by atoms with E-state index in [0.717, 1.165) is 6.42 Å². The molecule has 3 atom stereocenters. The van der Waals surface area contributed by atoms with Crippen LogP contribution in [0.1, 0.15) is 35.6 Å². The Bertz CT molecular complexity index is 1220. The largest absolute Gasteiger partial charge is 0.472 e. The maximum absolute atomic E-state index is 14.9. The highest BCUT2D eigenvalue weighted by Crippen LogP contribution is 2.41. The number of nitrogens with zero attached hydrogens (tertiary/aromatic N) is 3. The quantitative estimate of drug-likeness (QED) is 0.750. The average molecular weight is 451 g/mol. The minimum atomic E-state index is -3.37. The summed E-state index contributed by atoms with van der Waals surface area (Å²) in [5.74, 6) is -0.0365. The van der Waals surface area contributed by atoms with E-state index >= 15 is 0 Å². The van der Waals surface area contributed by atoms with Gasteiger partial charge in [0.1, 0.15) is 23.0 Å². The summed E-state index contributed by atoms with van der Waals surface area (Å²) in [7, 11) is -1.94. The second kappa shape index (κ2) is 7.27. The number of aromatic nitrogens is 2. The second-order valence-corrected chi connectivity index (χ2v) is 10.2. The van der Waals surface area contributed by atoms with Crippen molar-refractivity contribution in [3.05, 3.63) is 34.3 Å². The van der Waals surface area contributed by atoms with Gasteiger partial charge in [0.05, 0.1) is 12.7 Å². The minimum Gasteiger partial charge on any atom is -0.472 e. The van der Waals surface area contributed by atoms with Crippen molar-refractivity contribution < 1.29 is 22.5 Å². The van der Waals surface area contributed by atoms with Crippen LogP contribution < -0.4 is 14.8 Å². The standard InChI is InChI=1S/C20H23F2N5O3S/c1-10-9-27-19(30-10)16(8-24-27)31(29,23-2)26-20(28)25-18-13-5-3-4-12(13)17(22)14-6-11(21)7-15(14)18/h8,10-11H,3-7,9H2,1-2H3,(H2,23,25,26,28,29)/t10-,11+,31+/m0/s1. The second-order valence-electron chi connectivity index (χ2n) is 8.14. The lowest BCUT2D eigenvalue weighted by Gasteiger charge is -2.16. The summed E-state index contributed by atoms with van der Waals surface area (Å²) in [5, 5.41) is 6.86. The first kappa shape index (κ1) is 20.4. The molecule has 2 aliphatic carbocycles. The first-order chi connectivity index (χ1) is 14.8. The summed E-state index contributed by atoms with van der Waals surface area (Å²) in [5.41, 5.74) is 2.45. The van der Waals surface area contributed by atoms with Gasteiger partial charge in [-0.1, -0.05) is 0 Å². The van der Waals surface area contributed by atoms with Gasteiger partial charge in [-0.25, -0.2) is 27.2 Å². The lowest BCUT2D eigenvalue weighted by atomic mass is 9.98. The Kier molecular flexibility index (Phi) is 4.78. The third kappa shape index (κ3) is 3.21. The molecule has 8 nitrogen and oxygen atoms in total. The summed E-state index contributed by atoms with van der Waals surface area (Å²) in [6.07, 6.45) is 2.01. The zero-order valence-electron chi connectivity index (χ0n) is 17.2. The van der Waals surface area contributed by atoms with E-state index in [-0.39, 0.29) is 29.7 Å². The minimum absolute atomic E-state index is 0.000212. The van der Waals surface area contributed by atoms with Crippen LogP contribution in [-0.4, -0.2) is 39.3 Å². The molecule has 11 heteroatoms. The van der Waals surface area contributed by atoms with E-state index in [1.165, 1.54) is 13.2 Å². The number of urea groups is 1. The van der Waals surface area contributed by atoms with Gasteiger partial charge >= 0.3 is 6.03 Å². The first-order valence-electron chi connectivity index (χ1n) is 10.3. The van der Waals surface area contributed by atoms with Crippen LogP contribution in [0.25, 0.3) is 0 Å². The van der Waals surface area contributed by atoms with E-state index in [1.807, 2.05) is 6.92 Å². The number of hydrogen-bond acceptors (Lipinski definition) is 4. The number of benzene rings is 1. The van der Waals surface area contributed by atoms with Crippen LogP contribution in [0.5, 0.6) is 5.88 Å². The predicted molar refractivity (Wildman–Crippen MR) is 110 cm³/mol. The summed E-state index contributed by atoms with van der Waals surface area (Å²) >= 11 is 0. The molecule has 1 aromatic carbocycles. The van der Waals surface area contributed by atoms with Crippen molar-refractivity contribution in [1.29, 1.82) is 0 Å². The van der Waals surface area contributed by atoms with Gasteiger partial charge in [0.15, 0.2) is 9.92 Å². The topological polar surface area (TPSA) is 97.6 Å². The normalized spacial score (nSPS) is 23.0. The van der Waals surface area contributed by atoms with Crippen LogP contribution in [0.2, 0.25) is 0 Å². The molecule has 0 spiro atoms. The number of carbonyl (C=O) groups excluding carboxylic acids is 1. The monoisotopic (exact) mass is 451 g/mol. The number of fused-ring (bicyclic) bond motifs is 3. The molecular formula is C20H23F2N5O3S. The Morgan fingerprint density at radius 1 is 1.29 bits per heavy atom. The van der Waals surface area contributed by atoms with Crippen LogP contribution in [0.4, 0.5) is 19.3 Å². The Morgan fingerprint density at radius 3 is 2.81 bits per heavy atom. The van der Waals surface area contributed by atoms with Crippen LogP contribution >= 0.6 is 0 Å². The molecular weight excluding hydrogens is 428 g/mol. The molecule has 0 saturated carbocycles. The SMILES string of the molecule is CN[S@@](=O)(=NC(=O)Nc1c2c(c(F)c3c1C[C@H](F)C3)CCC2)c1cnn2c1O[C@@H](C)C2. The van der Waals surface area contributed by atoms with Crippen LogP contribution in [0.15, 0.2) is 15.5 Å². The number of hydrogen-bond donors (Lipinski definition) is 2. The van der Waals surface area contributed by atoms with E-state index < -0.39 is 22.1 Å². The summed E-state index contributed by atoms with van der Waals surface area (Å²) in [6.45, 7) is 2.37. The van der Waals surface area contributed by atoms with Crippen molar-refractivity contribution in [2.24, 2.45) is 4.36 Å². The Balaban J connectivity index is 1.53. The van der Waals surface area contributed by atoms with Crippen molar-refractivity contribution in [3.8, 4) is 5.88 Å². The van der Waals surface area contributed by atoms with E-state index in [9.17, 15) is 17.8 Å². The smallest absolute Gasteiger partial charge is 0.354 e. The van der Waals surface area contributed by atoms with E-state index in [4.69, 9.17) is 4.74 Å². The number of nitrogens with one attached hydrogen (secondary N) is 2. The Morgan fingerprint density at radius 2 is 2.03 bits per heavy atom. The number of amides is 2. The summed E-state index contributed by atoms with van der Waals surface area (Å²) < 4.78 is 56.2. The lowest BCUT2D eigenvalue weighted by Crippen LogP contribution is -2.23. The van der Waals surface area contributed by atoms with Gasteiger partial charge in [-0.3, -0.25) is 0 Å². The van der Waals surface area contributed by atoms with Crippen LogP contribution in [-0.2, 0) is 42.1 Å². The highest BCUT2D eigenvalue weighted by molar-refractivity contribution is 7.92. The van der Waals surface area contributed by atoms with Crippen molar-refractivity contribution >= 4 is 21.6 Å². The predicted octanol–water partition coefficient (Wildman–Crippen LogP) is 2.92. The molecule has 1 aromatic heterocycles. The molecule has 31 heavy (non-hydrogen) atoms. The molecule has 0 bridgehead atoms. The van der Waals surface area contributed by atoms with Crippen molar-refractivity contribution in [2.45, 2.75) is 62.7 Å². The van der Waals surface area contributed by atoms with Crippen molar-refractivity contribution in [2.75, 3.05) is 12.4 Å². The molecule has 0 unspecified atom stereocenters. The lowest BCUT2D eigenvalue weighted by molar-refractivity contribution is 0.248. The van der Waals surface area contributed by atoms with Gasteiger partial charge in [0, 0.05) is 18.5 Å².